The molecule has 3 aromatic rings. The van der Waals surface area contributed by atoms with Crippen LogP contribution in [-0.2, 0) is 11.2 Å². The van der Waals surface area contributed by atoms with Crippen molar-refractivity contribution in [2.75, 3.05) is 5.32 Å². The molecule has 6 heteroatoms. The summed E-state index contributed by atoms with van der Waals surface area (Å²) in [6.45, 7) is 0. The molecule has 1 aromatic heterocycles. The fraction of sp³-hybridized carbons (Fsp3) is 0.250. The van der Waals surface area contributed by atoms with Gasteiger partial charge >= 0.3 is 0 Å². The van der Waals surface area contributed by atoms with Crippen molar-refractivity contribution in [2.45, 2.75) is 31.2 Å². The van der Waals surface area contributed by atoms with Crippen molar-refractivity contribution in [3.8, 4) is 11.4 Å². The van der Waals surface area contributed by atoms with Crippen LogP contribution < -0.4 is 11.1 Å². The highest BCUT2D eigenvalue weighted by Gasteiger charge is 2.27. The molecule has 132 valence electrons. The second-order valence-corrected chi connectivity index (χ2v) is 6.68. The van der Waals surface area contributed by atoms with Gasteiger partial charge in [0.2, 0.25) is 5.91 Å². The summed E-state index contributed by atoms with van der Waals surface area (Å²) in [5.41, 5.74) is 8.64. The third-order valence-corrected chi connectivity index (χ3v) is 4.49. The van der Waals surface area contributed by atoms with Crippen LogP contribution in [0.15, 0.2) is 54.6 Å². The van der Waals surface area contributed by atoms with E-state index in [1.165, 1.54) is 12.8 Å². The highest BCUT2D eigenvalue weighted by molar-refractivity contribution is 5.95. The standard InChI is InChI=1S/C20H21N5O/c21-17(11-13-5-2-1-3-6-13)20(26)22-16-8-4-7-15(12-16)19-23-18(24-25-19)14-9-10-14/h1-8,12,14,17H,9-11,21H2,(H,22,26)(H,23,24,25)/t17-/m0/s1. The average Bonchev–Trinajstić information content (AvgIpc) is 3.39. The van der Waals surface area contributed by atoms with Gasteiger partial charge in [-0.15, -0.1) is 0 Å². The zero-order valence-electron chi connectivity index (χ0n) is 14.4. The van der Waals surface area contributed by atoms with Crippen LogP contribution in [0.5, 0.6) is 0 Å². The minimum absolute atomic E-state index is 0.209. The van der Waals surface area contributed by atoms with Gasteiger partial charge in [0, 0.05) is 17.2 Å². The number of nitrogens with one attached hydrogen (secondary N) is 2. The summed E-state index contributed by atoms with van der Waals surface area (Å²) < 4.78 is 0. The monoisotopic (exact) mass is 347 g/mol. The van der Waals surface area contributed by atoms with E-state index in [4.69, 9.17) is 5.73 Å². The van der Waals surface area contributed by atoms with Crippen LogP contribution in [0.2, 0.25) is 0 Å². The van der Waals surface area contributed by atoms with Gasteiger partial charge in [-0.3, -0.25) is 9.89 Å². The lowest BCUT2D eigenvalue weighted by Crippen LogP contribution is -2.37. The number of nitrogens with two attached hydrogens (primary N) is 1. The van der Waals surface area contributed by atoms with Crippen LogP contribution in [0.1, 0.15) is 30.1 Å². The molecule has 1 aliphatic carbocycles. The van der Waals surface area contributed by atoms with Gasteiger partial charge in [0.15, 0.2) is 5.82 Å². The second kappa shape index (κ2) is 7.09. The lowest BCUT2D eigenvalue weighted by molar-refractivity contribution is -0.117. The number of H-pyrrole nitrogens is 1. The first-order chi connectivity index (χ1) is 12.7. The third kappa shape index (κ3) is 3.81. The second-order valence-electron chi connectivity index (χ2n) is 6.68. The molecule has 1 aliphatic rings. The Hall–Kier alpha value is -2.99. The molecule has 1 saturated carbocycles. The van der Waals surface area contributed by atoms with Gasteiger partial charge in [0.25, 0.3) is 0 Å². The predicted molar refractivity (Wildman–Crippen MR) is 101 cm³/mol. The van der Waals surface area contributed by atoms with Crippen molar-refractivity contribution in [3.05, 3.63) is 66.0 Å². The van der Waals surface area contributed by atoms with Crippen LogP contribution in [0.3, 0.4) is 0 Å². The Labute approximate surface area is 151 Å². The molecular weight excluding hydrogens is 326 g/mol. The van der Waals surface area contributed by atoms with E-state index in [0.717, 1.165) is 17.0 Å². The quantitative estimate of drug-likeness (QED) is 0.639. The van der Waals surface area contributed by atoms with E-state index in [-0.39, 0.29) is 5.91 Å². The summed E-state index contributed by atoms with van der Waals surface area (Å²) in [5, 5.41) is 10.2. The topological polar surface area (TPSA) is 96.7 Å². The number of hydrogen-bond donors (Lipinski definition) is 3. The van der Waals surface area contributed by atoms with E-state index in [1.807, 2.05) is 54.6 Å². The number of hydrogen-bond acceptors (Lipinski definition) is 4. The number of carbonyl (C=O) groups excluding carboxylic acids is 1. The molecule has 1 heterocycles. The van der Waals surface area contributed by atoms with Crippen molar-refractivity contribution >= 4 is 11.6 Å². The molecule has 1 amide bonds. The molecule has 0 unspecified atom stereocenters. The van der Waals surface area contributed by atoms with Crippen LogP contribution in [0.25, 0.3) is 11.4 Å². The van der Waals surface area contributed by atoms with Gasteiger partial charge in [0.1, 0.15) is 5.82 Å². The molecule has 0 radical (unpaired) electrons. The van der Waals surface area contributed by atoms with Gasteiger partial charge in [-0.05, 0) is 37.0 Å². The largest absolute Gasteiger partial charge is 0.325 e. The summed E-state index contributed by atoms with van der Waals surface area (Å²) in [7, 11) is 0. The maximum Gasteiger partial charge on any atom is 0.241 e. The molecule has 0 aliphatic heterocycles. The molecule has 4 rings (SSSR count). The Bertz CT molecular complexity index is 901. The zero-order chi connectivity index (χ0) is 17.9. The summed E-state index contributed by atoms with van der Waals surface area (Å²) in [6.07, 6.45) is 2.84. The van der Waals surface area contributed by atoms with Crippen molar-refractivity contribution in [2.24, 2.45) is 5.73 Å². The van der Waals surface area contributed by atoms with Crippen molar-refractivity contribution in [1.29, 1.82) is 0 Å². The highest BCUT2D eigenvalue weighted by Crippen LogP contribution is 2.38. The average molecular weight is 347 g/mol. The Balaban J connectivity index is 1.43. The number of amides is 1. The molecule has 4 N–H and O–H groups in total. The zero-order valence-corrected chi connectivity index (χ0v) is 14.4. The van der Waals surface area contributed by atoms with E-state index in [1.54, 1.807) is 0 Å². The van der Waals surface area contributed by atoms with Gasteiger partial charge in [-0.1, -0.05) is 42.5 Å². The predicted octanol–water partition coefficient (Wildman–Crippen LogP) is 2.86. The minimum Gasteiger partial charge on any atom is -0.325 e. The van der Waals surface area contributed by atoms with Crippen molar-refractivity contribution < 1.29 is 4.79 Å². The summed E-state index contributed by atoms with van der Waals surface area (Å²) in [5.74, 6) is 1.91. The van der Waals surface area contributed by atoms with E-state index >= 15 is 0 Å². The number of rotatable bonds is 6. The van der Waals surface area contributed by atoms with Gasteiger partial charge in [0.05, 0.1) is 6.04 Å². The summed E-state index contributed by atoms with van der Waals surface area (Å²) in [4.78, 5) is 16.9. The molecule has 26 heavy (non-hydrogen) atoms. The van der Waals surface area contributed by atoms with Gasteiger partial charge in [-0.2, -0.15) is 5.10 Å². The molecule has 6 nitrogen and oxygen atoms in total. The molecule has 0 spiro atoms. The Morgan fingerprint density at radius 2 is 2.00 bits per heavy atom. The number of carbonyl (C=O) groups is 1. The lowest BCUT2D eigenvalue weighted by atomic mass is 10.1. The maximum atomic E-state index is 12.4. The van der Waals surface area contributed by atoms with Crippen molar-refractivity contribution in [3.63, 3.8) is 0 Å². The Kier molecular flexibility index (Phi) is 4.50. The molecule has 1 atom stereocenters. The molecular formula is C20H21N5O. The molecule has 0 saturated heterocycles. The highest BCUT2D eigenvalue weighted by atomic mass is 16.2. The number of aromatic nitrogens is 3. The van der Waals surface area contributed by atoms with Gasteiger partial charge in [-0.25, -0.2) is 4.98 Å². The smallest absolute Gasteiger partial charge is 0.241 e. The van der Waals surface area contributed by atoms with E-state index < -0.39 is 6.04 Å². The van der Waals surface area contributed by atoms with E-state index in [2.05, 4.69) is 20.5 Å². The first-order valence-electron chi connectivity index (χ1n) is 8.82. The summed E-state index contributed by atoms with van der Waals surface area (Å²) in [6, 6.07) is 16.7. The fourth-order valence-electron chi connectivity index (χ4n) is 2.87. The lowest BCUT2D eigenvalue weighted by Gasteiger charge is -2.12. The van der Waals surface area contributed by atoms with E-state index in [0.29, 0.717) is 23.9 Å². The van der Waals surface area contributed by atoms with Gasteiger partial charge < -0.3 is 11.1 Å². The molecule has 1 fully saturated rings. The van der Waals surface area contributed by atoms with E-state index in [9.17, 15) is 4.79 Å². The van der Waals surface area contributed by atoms with Crippen LogP contribution in [0.4, 0.5) is 5.69 Å². The molecule has 2 aromatic carbocycles. The number of anilines is 1. The normalized spacial score (nSPS) is 14.8. The Morgan fingerprint density at radius 1 is 1.19 bits per heavy atom. The molecule has 0 bridgehead atoms. The van der Waals surface area contributed by atoms with Crippen LogP contribution in [0, 0.1) is 0 Å². The first kappa shape index (κ1) is 16.5. The minimum atomic E-state index is -0.606. The number of benzene rings is 2. The SMILES string of the molecule is N[C@@H](Cc1ccccc1)C(=O)Nc1cccc(-c2n[nH]c(C3CC3)n2)c1. The van der Waals surface area contributed by atoms with Crippen LogP contribution in [-0.4, -0.2) is 27.1 Å². The number of nitrogens with zero attached hydrogens (tertiary/aromatic N) is 2. The van der Waals surface area contributed by atoms with Crippen LogP contribution >= 0.6 is 0 Å². The maximum absolute atomic E-state index is 12.4. The van der Waals surface area contributed by atoms with Crippen molar-refractivity contribution in [1.82, 2.24) is 15.2 Å². The first-order valence-corrected chi connectivity index (χ1v) is 8.82. The summed E-state index contributed by atoms with van der Waals surface area (Å²) >= 11 is 0. The Morgan fingerprint density at radius 3 is 2.77 bits per heavy atom. The third-order valence-electron chi connectivity index (χ3n) is 4.49. The number of aromatic amines is 1. The fourth-order valence-corrected chi connectivity index (χ4v) is 2.87.